The first-order valence-corrected chi connectivity index (χ1v) is 7.71. The van der Waals surface area contributed by atoms with E-state index in [1.54, 1.807) is 0 Å². The predicted octanol–water partition coefficient (Wildman–Crippen LogP) is 2.80. The second-order valence-electron chi connectivity index (χ2n) is 4.72. The maximum absolute atomic E-state index is 5.39. The van der Waals surface area contributed by atoms with Crippen LogP contribution in [0.1, 0.15) is 29.6 Å². The third-order valence-electron chi connectivity index (χ3n) is 3.52. The number of hydrogen-bond donors (Lipinski definition) is 1. The Morgan fingerprint density at radius 1 is 1.32 bits per heavy atom. The van der Waals surface area contributed by atoms with Crippen LogP contribution >= 0.6 is 11.3 Å². The Labute approximate surface area is 117 Å². The van der Waals surface area contributed by atoms with Crippen LogP contribution in [0.5, 0.6) is 0 Å². The molecule has 2 heterocycles. The van der Waals surface area contributed by atoms with Gasteiger partial charge in [0.1, 0.15) is 16.5 Å². The summed E-state index contributed by atoms with van der Waals surface area (Å²) in [6.07, 6.45) is 4.42. The van der Waals surface area contributed by atoms with E-state index in [0.717, 1.165) is 29.5 Å². The van der Waals surface area contributed by atoms with Crippen LogP contribution in [0.25, 0.3) is 10.2 Å². The zero-order chi connectivity index (χ0) is 13.2. The van der Waals surface area contributed by atoms with E-state index >= 15 is 0 Å². The van der Waals surface area contributed by atoms with Crippen molar-refractivity contribution in [3.63, 3.8) is 0 Å². The molecule has 0 aromatic carbocycles. The second kappa shape index (κ2) is 5.43. The van der Waals surface area contributed by atoms with Gasteiger partial charge in [-0.15, -0.1) is 11.3 Å². The zero-order valence-corrected chi connectivity index (χ0v) is 12.3. The Morgan fingerprint density at radius 2 is 2.21 bits per heavy atom. The summed E-state index contributed by atoms with van der Waals surface area (Å²) in [5.74, 6) is 1.86. The lowest BCUT2D eigenvalue weighted by atomic mass is 10.2. The lowest BCUT2D eigenvalue weighted by molar-refractivity contribution is 0.149. The van der Waals surface area contributed by atoms with Gasteiger partial charge in [0.05, 0.1) is 12.0 Å². The molecule has 4 nitrogen and oxygen atoms in total. The molecule has 0 unspecified atom stereocenters. The summed E-state index contributed by atoms with van der Waals surface area (Å²) in [7, 11) is 1.94. The number of thiophene rings is 1. The van der Waals surface area contributed by atoms with E-state index in [2.05, 4.69) is 10.3 Å². The quantitative estimate of drug-likeness (QED) is 0.854. The highest BCUT2D eigenvalue weighted by Crippen LogP contribution is 2.39. The highest BCUT2D eigenvalue weighted by Gasteiger charge is 2.21. The molecule has 0 radical (unpaired) electrons. The topological polar surface area (TPSA) is 47.0 Å². The van der Waals surface area contributed by atoms with Crippen LogP contribution in [0.2, 0.25) is 0 Å². The van der Waals surface area contributed by atoms with E-state index < -0.39 is 0 Å². The summed E-state index contributed by atoms with van der Waals surface area (Å²) in [6.45, 7) is 3.44. The van der Waals surface area contributed by atoms with Crippen molar-refractivity contribution < 1.29 is 4.74 Å². The lowest BCUT2D eigenvalue weighted by Gasteiger charge is -2.07. The minimum absolute atomic E-state index is 0.691. The van der Waals surface area contributed by atoms with Gasteiger partial charge < -0.3 is 10.1 Å². The van der Waals surface area contributed by atoms with Crippen molar-refractivity contribution in [3.8, 4) is 0 Å². The molecule has 19 heavy (non-hydrogen) atoms. The molecule has 0 bridgehead atoms. The summed E-state index contributed by atoms with van der Waals surface area (Å²) < 4.78 is 5.39. The Bertz CT molecular complexity index is 594. The highest BCUT2D eigenvalue weighted by atomic mass is 32.1. The van der Waals surface area contributed by atoms with Crippen molar-refractivity contribution in [2.75, 3.05) is 25.6 Å². The van der Waals surface area contributed by atoms with Crippen molar-refractivity contribution in [2.45, 2.75) is 32.6 Å². The Morgan fingerprint density at radius 3 is 3.00 bits per heavy atom. The molecule has 0 aliphatic heterocycles. The first-order chi connectivity index (χ1) is 9.33. The molecule has 0 spiro atoms. The molecule has 0 fully saturated rings. The van der Waals surface area contributed by atoms with Crippen LogP contribution in [-0.2, 0) is 24.0 Å². The average molecular weight is 277 g/mol. The molecule has 1 aliphatic carbocycles. The molecule has 2 aromatic heterocycles. The van der Waals surface area contributed by atoms with Crippen LogP contribution in [-0.4, -0.2) is 30.2 Å². The number of fused-ring (bicyclic) bond motifs is 3. The smallest absolute Gasteiger partial charge is 0.138 e. The van der Waals surface area contributed by atoms with E-state index in [4.69, 9.17) is 9.72 Å². The standard InChI is InChI=1S/C14H19N3OS/c1-3-18-8-7-11-16-13(15-2)12-9-5-4-6-10(9)19-14(12)17-11/h3-8H2,1-2H3,(H,15,16,17). The van der Waals surface area contributed by atoms with Crippen LogP contribution in [0.15, 0.2) is 0 Å². The normalized spacial score (nSPS) is 14.0. The number of aromatic nitrogens is 2. The fourth-order valence-electron chi connectivity index (χ4n) is 2.64. The van der Waals surface area contributed by atoms with E-state index in [0.29, 0.717) is 6.61 Å². The predicted molar refractivity (Wildman–Crippen MR) is 79.2 cm³/mol. The monoisotopic (exact) mass is 277 g/mol. The third-order valence-corrected chi connectivity index (χ3v) is 4.71. The van der Waals surface area contributed by atoms with Gasteiger partial charge in [0.25, 0.3) is 0 Å². The molecule has 0 atom stereocenters. The SMILES string of the molecule is CCOCCc1nc(NC)c2c3c(sc2n1)CCC3. The molecule has 3 rings (SSSR count). The molecule has 102 valence electrons. The van der Waals surface area contributed by atoms with Gasteiger partial charge in [-0.05, 0) is 31.7 Å². The molecule has 1 N–H and O–H groups in total. The average Bonchev–Trinajstić information content (AvgIpc) is 2.98. The van der Waals surface area contributed by atoms with Crippen molar-refractivity contribution in [1.82, 2.24) is 9.97 Å². The molecule has 5 heteroatoms. The number of rotatable bonds is 5. The summed E-state index contributed by atoms with van der Waals surface area (Å²) in [4.78, 5) is 12.0. The third kappa shape index (κ3) is 2.32. The lowest BCUT2D eigenvalue weighted by Crippen LogP contribution is -2.05. The fraction of sp³-hybridized carbons (Fsp3) is 0.571. The van der Waals surface area contributed by atoms with Crippen molar-refractivity contribution in [3.05, 3.63) is 16.3 Å². The molecule has 0 amide bonds. The maximum atomic E-state index is 5.39. The first kappa shape index (κ1) is 12.8. The van der Waals surface area contributed by atoms with Crippen molar-refractivity contribution in [1.29, 1.82) is 0 Å². The fourth-order valence-corrected chi connectivity index (χ4v) is 3.92. The largest absolute Gasteiger partial charge is 0.381 e. The van der Waals surface area contributed by atoms with Crippen LogP contribution in [0, 0.1) is 0 Å². The molecule has 2 aromatic rings. The van der Waals surface area contributed by atoms with E-state index in [9.17, 15) is 0 Å². The van der Waals surface area contributed by atoms with E-state index in [1.807, 2.05) is 25.3 Å². The van der Waals surface area contributed by atoms with Gasteiger partial charge in [-0.1, -0.05) is 0 Å². The summed E-state index contributed by atoms with van der Waals surface area (Å²) in [5.41, 5.74) is 1.47. The molecule has 0 saturated heterocycles. The number of aryl methyl sites for hydroxylation is 2. The van der Waals surface area contributed by atoms with Crippen LogP contribution < -0.4 is 5.32 Å². The summed E-state index contributed by atoms with van der Waals surface area (Å²) in [5, 5.41) is 4.48. The van der Waals surface area contributed by atoms with Crippen LogP contribution in [0.3, 0.4) is 0 Å². The van der Waals surface area contributed by atoms with Gasteiger partial charge >= 0.3 is 0 Å². The Kier molecular flexibility index (Phi) is 3.66. The highest BCUT2D eigenvalue weighted by molar-refractivity contribution is 7.19. The Hall–Kier alpha value is -1.20. The molecular weight excluding hydrogens is 258 g/mol. The minimum Gasteiger partial charge on any atom is -0.381 e. The minimum atomic E-state index is 0.691. The number of ether oxygens (including phenoxy) is 1. The van der Waals surface area contributed by atoms with Gasteiger partial charge in [0.15, 0.2) is 0 Å². The molecular formula is C14H19N3OS. The van der Waals surface area contributed by atoms with Gasteiger partial charge in [-0.3, -0.25) is 0 Å². The summed E-state index contributed by atoms with van der Waals surface area (Å²) in [6, 6.07) is 0. The van der Waals surface area contributed by atoms with E-state index in [-0.39, 0.29) is 0 Å². The molecule has 1 aliphatic rings. The van der Waals surface area contributed by atoms with Crippen molar-refractivity contribution in [2.24, 2.45) is 0 Å². The number of anilines is 1. The number of nitrogens with zero attached hydrogens (tertiary/aromatic N) is 2. The number of hydrogen-bond acceptors (Lipinski definition) is 5. The Balaban J connectivity index is 1.99. The van der Waals surface area contributed by atoms with Crippen LogP contribution in [0.4, 0.5) is 5.82 Å². The van der Waals surface area contributed by atoms with E-state index in [1.165, 1.54) is 35.1 Å². The zero-order valence-electron chi connectivity index (χ0n) is 11.5. The first-order valence-electron chi connectivity index (χ1n) is 6.90. The number of nitrogens with one attached hydrogen (secondary N) is 1. The maximum Gasteiger partial charge on any atom is 0.138 e. The summed E-state index contributed by atoms with van der Waals surface area (Å²) >= 11 is 1.84. The van der Waals surface area contributed by atoms with Gasteiger partial charge in [0, 0.05) is 25.0 Å². The van der Waals surface area contributed by atoms with Gasteiger partial charge in [-0.2, -0.15) is 0 Å². The van der Waals surface area contributed by atoms with Gasteiger partial charge in [-0.25, -0.2) is 9.97 Å². The van der Waals surface area contributed by atoms with Crippen molar-refractivity contribution >= 4 is 27.4 Å². The second-order valence-corrected chi connectivity index (χ2v) is 5.81. The molecule has 0 saturated carbocycles. The van der Waals surface area contributed by atoms with Gasteiger partial charge in [0.2, 0.25) is 0 Å².